The lowest BCUT2D eigenvalue weighted by atomic mass is 10.1. The Bertz CT molecular complexity index is 459. The highest BCUT2D eigenvalue weighted by molar-refractivity contribution is 5.81. The smallest absolute Gasteiger partial charge is 0.306 e. The van der Waals surface area contributed by atoms with Gasteiger partial charge in [-0.1, -0.05) is 12.1 Å². The lowest BCUT2D eigenvalue weighted by Crippen LogP contribution is -2.27. The Kier molecular flexibility index (Phi) is 6.56. The molecule has 1 atom stereocenters. The molecule has 0 unspecified atom stereocenters. The summed E-state index contributed by atoms with van der Waals surface area (Å²) in [4.78, 5) is 22.9. The van der Waals surface area contributed by atoms with Crippen molar-refractivity contribution in [2.45, 2.75) is 32.7 Å². The van der Waals surface area contributed by atoms with Gasteiger partial charge in [0.25, 0.3) is 0 Å². The first-order chi connectivity index (χ1) is 9.56. The van der Waals surface area contributed by atoms with Crippen molar-refractivity contribution in [3.05, 3.63) is 29.8 Å². The molecule has 0 fully saturated rings. The van der Waals surface area contributed by atoms with Gasteiger partial charge < -0.3 is 14.8 Å². The number of ether oxygens (including phenoxy) is 2. The summed E-state index contributed by atoms with van der Waals surface area (Å²) in [5.41, 5.74) is 0.953. The standard InChI is InChI=1S/C15H21NO4/c1-4-20-15(18)9-8-14(17)16-11(2)12-6-5-7-13(10-12)19-3/h5-7,10-11H,4,8-9H2,1-3H3,(H,16,17)/t11-/m1/s1. The van der Waals surface area contributed by atoms with Gasteiger partial charge in [0.2, 0.25) is 5.91 Å². The molecule has 5 heteroatoms. The molecule has 5 nitrogen and oxygen atoms in total. The summed E-state index contributed by atoms with van der Waals surface area (Å²) < 4.78 is 9.92. The average Bonchev–Trinajstić information content (AvgIpc) is 2.45. The van der Waals surface area contributed by atoms with Crippen LogP contribution in [0.5, 0.6) is 5.75 Å². The summed E-state index contributed by atoms with van der Waals surface area (Å²) in [7, 11) is 1.60. The number of carbonyl (C=O) groups excluding carboxylic acids is 2. The molecular weight excluding hydrogens is 258 g/mol. The van der Waals surface area contributed by atoms with Crippen LogP contribution < -0.4 is 10.1 Å². The fourth-order valence-corrected chi connectivity index (χ4v) is 1.76. The Labute approximate surface area is 119 Å². The predicted octanol–water partition coefficient (Wildman–Crippen LogP) is 2.22. The zero-order valence-electron chi connectivity index (χ0n) is 12.1. The molecule has 1 rings (SSSR count). The highest BCUT2D eigenvalue weighted by Gasteiger charge is 2.12. The summed E-state index contributed by atoms with van der Waals surface area (Å²) in [6.07, 6.45) is 0.234. The van der Waals surface area contributed by atoms with Crippen LogP contribution in [0.4, 0.5) is 0 Å². The molecule has 0 radical (unpaired) electrons. The van der Waals surface area contributed by atoms with E-state index in [-0.39, 0.29) is 30.8 Å². The minimum absolute atomic E-state index is 0.102. The summed E-state index contributed by atoms with van der Waals surface area (Å²) in [5.74, 6) is 0.222. The van der Waals surface area contributed by atoms with Crippen LogP contribution in [0.25, 0.3) is 0 Å². The molecule has 0 aromatic heterocycles. The number of esters is 1. The second-order valence-corrected chi connectivity index (χ2v) is 4.37. The molecule has 0 aliphatic carbocycles. The maximum atomic E-state index is 11.7. The van der Waals surface area contributed by atoms with Crippen LogP contribution in [0.3, 0.4) is 0 Å². The topological polar surface area (TPSA) is 64.6 Å². The molecular formula is C15H21NO4. The van der Waals surface area contributed by atoms with Crippen molar-refractivity contribution in [3.63, 3.8) is 0 Å². The van der Waals surface area contributed by atoms with Crippen molar-refractivity contribution < 1.29 is 19.1 Å². The van der Waals surface area contributed by atoms with Crippen LogP contribution >= 0.6 is 0 Å². The Morgan fingerprint density at radius 1 is 1.30 bits per heavy atom. The molecule has 1 aromatic rings. The average molecular weight is 279 g/mol. The van der Waals surface area contributed by atoms with Gasteiger partial charge in [-0.2, -0.15) is 0 Å². The molecule has 1 N–H and O–H groups in total. The minimum Gasteiger partial charge on any atom is -0.497 e. The van der Waals surface area contributed by atoms with E-state index in [0.29, 0.717) is 6.61 Å². The molecule has 0 heterocycles. The third kappa shape index (κ3) is 5.30. The highest BCUT2D eigenvalue weighted by atomic mass is 16.5. The first kappa shape index (κ1) is 16.0. The monoisotopic (exact) mass is 279 g/mol. The largest absolute Gasteiger partial charge is 0.497 e. The number of benzene rings is 1. The van der Waals surface area contributed by atoms with Crippen molar-refractivity contribution in [1.82, 2.24) is 5.32 Å². The van der Waals surface area contributed by atoms with Gasteiger partial charge in [0.1, 0.15) is 5.75 Å². The molecule has 0 spiro atoms. The third-order valence-corrected chi connectivity index (χ3v) is 2.83. The number of rotatable bonds is 7. The second-order valence-electron chi connectivity index (χ2n) is 4.37. The van der Waals surface area contributed by atoms with E-state index in [0.717, 1.165) is 11.3 Å². The van der Waals surface area contributed by atoms with Crippen LogP contribution in [0.15, 0.2) is 24.3 Å². The lowest BCUT2D eigenvalue weighted by Gasteiger charge is -2.15. The van der Waals surface area contributed by atoms with Gasteiger partial charge in [-0.3, -0.25) is 9.59 Å². The summed E-state index contributed by atoms with van der Waals surface area (Å²) in [5, 5.41) is 2.84. The summed E-state index contributed by atoms with van der Waals surface area (Å²) in [6, 6.07) is 7.36. The minimum atomic E-state index is -0.350. The Morgan fingerprint density at radius 2 is 2.05 bits per heavy atom. The zero-order chi connectivity index (χ0) is 15.0. The van der Waals surface area contributed by atoms with E-state index in [1.807, 2.05) is 31.2 Å². The van der Waals surface area contributed by atoms with Gasteiger partial charge in [0.15, 0.2) is 0 Å². The van der Waals surface area contributed by atoms with Crippen molar-refractivity contribution in [2.75, 3.05) is 13.7 Å². The third-order valence-electron chi connectivity index (χ3n) is 2.83. The van der Waals surface area contributed by atoms with E-state index >= 15 is 0 Å². The molecule has 20 heavy (non-hydrogen) atoms. The first-order valence-electron chi connectivity index (χ1n) is 6.65. The van der Waals surface area contributed by atoms with Crippen molar-refractivity contribution in [2.24, 2.45) is 0 Å². The van der Waals surface area contributed by atoms with E-state index in [2.05, 4.69) is 5.32 Å². The molecule has 1 amide bonds. The lowest BCUT2D eigenvalue weighted by molar-refractivity contribution is -0.144. The van der Waals surface area contributed by atoms with Gasteiger partial charge in [-0.05, 0) is 31.5 Å². The van der Waals surface area contributed by atoms with Gasteiger partial charge in [0.05, 0.1) is 26.2 Å². The highest BCUT2D eigenvalue weighted by Crippen LogP contribution is 2.18. The van der Waals surface area contributed by atoms with Gasteiger partial charge in [-0.15, -0.1) is 0 Å². The van der Waals surface area contributed by atoms with Crippen molar-refractivity contribution in [3.8, 4) is 5.75 Å². The summed E-state index contributed by atoms with van der Waals surface area (Å²) >= 11 is 0. The number of nitrogens with one attached hydrogen (secondary N) is 1. The molecule has 110 valence electrons. The fourth-order valence-electron chi connectivity index (χ4n) is 1.76. The van der Waals surface area contributed by atoms with Crippen LogP contribution in [-0.2, 0) is 14.3 Å². The Hall–Kier alpha value is -2.04. The quantitative estimate of drug-likeness (QED) is 0.777. The predicted molar refractivity (Wildman–Crippen MR) is 75.4 cm³/mol. The fraction of sp³-hybridized carbons (Fsp3) is 0.467. The van der Waals surface area contributed by atoms with Crippen LogP contribution in [0, 0.1) is 0 Å². The van der Waals surface area contributed by atoms with E-state index in [1.165, 1.54) is 0 Å². The number of hydrogen-bond donors (Lipinski definition) is 1. The van der Waals surface area contributed by atoms with E-state index in [1.54, 1.807) is 14.0 Å². The molecule has 0 aliphatic rings. The number of hydrogen-bond acceptors (Lipinski definition) is 4. The van der Waals surface area contributed by atoms with Gasteiger partial charge in [0, 0.05) is 6.42 Å². The van der Waals surface area contributed by atoms with Gasteiger partial charge >= 0.3 is 5.97 Å². The van der Waals surface area contributed by atoms with E-state index in [9.17, 15) is 9.59 Å². The van der Waals surface area contributed by atoms with E-state index < -0.39 is 0 Å². The number of carbonyl (C=O) groups is 2. The molecule has 0 saturated heterocycles. The Balaban J connectivity index is 2.46. The van der Waals surface area contributed by atoms with Crippen LogP contribution in [0.1, 0.15) is 38.3 Å². The normalized spacial score (nSPS) is 11.6. The zero-order valence-corrected chi connectivity index (χ0v) is 12.1. The Morgan fingerprint density at radius 3 is 2.70 bits per heavy atom. The molecule has 0 aliphatic heterocycles. The molecule has 1 aromatic carbocycles. The molecule has 0 bridgehead atoms. The maximum Gasteiger partial charge on any atom is 0.306 e. The number of amides is 1. The maximum absolute atomic E-state index is 11.7. The van der Waals surface area contributed by atoms with E-state index in [4.69, 9.17) is 9.47 Å². The van der Waals surface area contributed by atoms with Crippen molar-refractivity contribution >= 4 is 11.9 Å². The first-order valence-corrected chi connectivity index (χ1v) is 6.65. The van der Waals surface area contributed by atoms with Crippen LogP contribution in [-0.4, -0.2) is 25.6 Å². The SMILES string of the molecule is CCOC(=O)CCC(=O)N[C@H](C)c1cccc(OC)c1. The van der Waals surface area contributed by atoms with Crippen LogP contribution in [0.2, 0.25) is 0 Å². The van der Waals surface area contributed by atoms with Crippen molar-refractivity contribution in [1.29, 1.82) is 0 Å². The number of methoxy groups -OCH3 is 1. The second kappa shape index (κ2) is 8.19. The summed E-state index contributed by atoms with van der Waals surface area (Å²) in [6.45, 7) is 3.96. The van der Waals surface area contributed by atoms with Gasteiger partial charge in [-0.25, -0.2) is 0 Å². The molecule has 0 saturated carbocycles.